The maximum Gasteiger partial charge on any atom is 0.231 e. The van der Waals surface area contributed by atoms with E-state index < -0.39 is 0 Å². The molecule has 0 saturated heterocycles. The molecule has 1 aromatic rings. The Hall–Kier alpha value is -0.740. The van der Waals surface area contributed by atoms with E-state index in [-0.39, 0.29) is 0 Å². The summed E-state index contributed by atoms with van der Waals surface area (Å²) in [5, 5.41) is 1.04. The van der Waals surface area contributed by atoms with Crippen LogP contribution in [0.5, 0.6) is 11.5 Å². The second kappa shape index (κ2) is 4.50. The molecule has 0 amide bonds. The summed E-state index contributed by atoms with van der Waals surface area (Å²) >= 11 is 3.54. The standard InChI is InChI=1S/C13H15BrO3/c14-7-13(3-4-13)8-15-6-10-1-2-11-12(5-10)17-9-16-11/h1-2,5H,3-4,6-9H2. The fourth-order valence-electron chi connectivity index (χ4n) is 1.91. The topological polar surface area (TPSA) is 27.7 Å². The molecule has 2 aliphatic rings. The fourth-order valence-corrected chi connectivity index (χ4v) is 2.63. The number of benzene rings is 1. The number of fused-ring (bicyclic) bond motifs is 1. The first-order valence-corrected chi connectivity index (χ1v) is 6.96. The highest BCUT2D eigenvalue weighted by Gasteiger charge is 2.41. The van der Waals surface area contributed by atoms with Crippen molar-refractivity contribution in [2.75, 3.05) is 18.7 Å². The Morgan fingerprint density at radius 2 is 2.06 bits per heavy atom. The first kappa shape index (κ1) is 11.4. The molecule has 3 nitrogen and oxygen atoms in total. The lowest BCUT2D eigenvalue weighted by Gasteiger charge is -2.12. The minimum Gasteiger partial charge on any atom is -0.454 e. The van der Waals surface area contributed by atoms with E-state index >= 15 is 0 Å². The summed E-state index contributed by atoms with van der Waals surface area (Å²) < 4.78 is 16.4. The van der Waals surface area contributed by atoms with Crippen LogP contribution in [0.2, 0.25) is 0 Å². The highest BCUT2D eigenvalue weighted by atomic mass is 79.9. The Kier molecular flexibility index (Phi) is 3.01. The molecule has 0 bridgehead atoms. The van der Waals surface area contributed by atoms with Gasteiger partial charge in [-0.25, -0.2) is 0 Å². The molecule has 92 valence electrons. The van der Waals surface area contributed by atoms with E-state index in [4.69, 9.17) is 14.2 Å². The molecule has 4 heteroatoms. The average Bonchev–Trinajstić information content (AvgIpc) is 2.98. The van der Waals surface area contributed by atoms with Crippen molar-refractivity contribution < 1.29 is 14.2 Å². The van der Waals surface area contributed by atoms with Gasteiger partial charge in [-0.05, 0) is 30.5 Å². The van der Waals surface area contributed by atoms with Gasteiger partial charge in [-0.15, -0.1) is 0 Å². The third-order valence-corrected chi connectivity index (χ3v) is 4.54. The highest BCUT2D eigenvalue weighted by Crippen LogP contribution is 2.47. The van der Waals surface area contributed by atoms with E-state index in [0.29, 0.717) is 18.8 Å². The van der Waals surface area contributed by atoms with Crippen molar-refractivity contribution in [1.29, 1.82) is 0 Å². The number of hydrogen-bond acceptors (Lipinski definition) is 3. The Labute approximate surface area is 109 Å². The lowest BCUT2D eigenvalue weighted by molar-refractivity contribution is 0.0859. The van der Waals surface area contributed by atoms with Gasteiger partial charge in [-0.2, -0.15) is 0 Å². The largest absolute Gasteiger partial charge is 0.454 e. The van der Waals surface area contributed by atoms with Crippen molar-refractivity contribution in [3.63, 3.8) is 0 Å². The minimum absolute atomic E-state index is 0.326. The molecule has 0 spiro atoms. The van der Waals surface area contributed by atoms with Crippen LogP contribution in [0.15, 0.2) is 18.2 Å². The molecule has 0 radical (unpaired) electrons. The Morgan fingerprint density at radius 3 is 2.82 bits per heavy atom. The predicted octanol–water partition coefficient (Wildman–Crippen LogP) is 3.11. The monoisotopic (exact) mass is 298 g/mol. The van der Waals surface area contributed by atoms with E-state index in [1.54, 1.807) is 0 Å². The Balaban J connectivity index is 1.55. The molecule has 1 aliphatic heterocycles. The van der Waals surface area contributed by atoms with Crippen molar-refractivity contribution in [3.8, 4) is 11.5 Å². The van der Waals surface area contributed by atoms with Crippen molar-refractivity contribution in [3.05, 3.63) is 23.8 Å². The number of ether oxygens (including phenoxy) is 3. The SMILES string of the molecule is BrCC1(COCc2ccc3c(c2)OCO3)CC1. The summed E-state index contributed by atoms with van der Waals surface area (Å²) in [4.78, 5) is 0. The van der Waals surface area contributed by atoms with Crippen LogP contribution in [0.3, 0.4) is 0 Å². The molecule has 1 aliphatic carbocycles. The van der Waals surface area contributed by atoms with Gasteiger partial charge in [0, 0.05) is 10.7 Å². The van der Waals surface area contributed by atoms with Gasteiger partial charge in [0.2, 0.25) is 6.79 Å². The van der Waals surface area contributed by atoms with Gasteiger partial charge in [0.05, 0.1) is 13.2 Å². The molecule has 3 rings (SSSR count). The van der Waals surface area contributed by atoms with Crippen LogP contribution in [-0.2, 0) is 11.3 Å². The van der Waals surface area contributed by atoms with Crippen LogP contribution >= 0.6 is 15.9 Å². The molecule has 0 atom stereocenters. The smallest absolute Gasteiger partial charge is 0.231 e. The van der Waals surface area contributed by atoms with Gasteiger partial charge in [0.25, 0.3) is 0 Å². The van der Waals surface area contributed by atoms with Gasteiger partial charge < -0.3 is 14.2 Å². The molecular weight excluding hydrogens is 284 g/mol. The summed E-state index contributed by atoms with van der Waals surface area (Å²) in [6, 6.07) is 5.97. The van der Waals surface area contributed by atoms with E-state index in [9.17, 15) is 0 Å². The van der Waals surface area contributed by atoms with Gasteiger partial charge in [-0.1, -0.05) is 22.0 Å². The van der Waals surface area contributed by atoms with Crippen molar-refractivity contribution in [2.24, 2.45) is 5.41 Å². The van der Waals surface area contributed by atoms with E-state index in [1.165, 1.54) is 12.8 Å². The molecule has 1 fully saturated rings. The van der Waals surface area contributed by atoms with Crippen molar-refractivity contribution in [1.82, 2.24) is 0 Å². The van der Waals surface area contributed by atoms with Gasteiger partial charge in [0.15, 0.2) is 11.5 Å². The number of hydrogen-bond donors (Lipinski definition) is 0. The quantitative estimate of drug-likeness (QED) is 0.782. The zero-order chi connectivity index (χ0) is 11.7. The lowest BCUT2D eigenvalue weighted by Crippen LogP contribution is -2.11. The molecule has 1 saturated carbocycles. The van der Waals surface area contributed by atoms with Crippen LogP contribution in [0.25, 0.3) is 0 Å². The second-order valence-electron chi connectivity index (χ2n) is 4.81. The van der Waals surface area contributed by atoms with Crippen LogP contribution in [-0.4, -0.2) is 18.7 Å². The zero-order valence-corrected chi connectivity index (χ0v) is 11.2. The summed E-state index contributed by atoms with van der Waals surface area (Å²) in [6.07, 6.45) is 2.55. The number of rotatable bonds is 5. The van der Waals surface area contributed by atoms with Gasteiger partial charge in [-0.3, -0.25) is 0 Å². The Morgan fingerprint density at radius 1 is 1.24 bits per heavy atom. The molecule has 1 aromatic carbocycles. The summed E-state index contributed by atoms with van der Waals surface area (Å²) in [7, 11) is 0. The first-order chi connectivity index (χ1) is 8.31. The zero-order valence-electron chi connectivity index (χ0n) is 9.58. The number of alkyl halides is 1. The third-order valence-electron chi connectivity index (χ3n) is 3.35. The normalized spacial score (nSPS) is 19.4. The van der Waals surface area contributed by atoms with Crippen LogP contribution in [0.4, 0.5) is 0 Å². The number of halogens is 1. The van der Waals surface area contributed by atoms with E-state index in [1.807, 2.05) is 18.2 Å². The van der Waals surface area contributed by atoms with E-state index in [0.717, 1.165) is 29.0 Å². The fraction of sp³-hybridized carbons (Fsp3) is 0.538. The molecular formula is C13H15BrO3. The molecule has 0 N–H and O–H groups in total. The maximum absolute atomic E-state index is 5.77. The molecule has 1 heterocycles. The first-order valence-electron chi connectivity index (χ1n) is 5.84. The molecule has 17 heavy (non-hydrogen) atoms. The second-order valence-corrected chi connectivity index (χ2v) is 5.37. The summed E-state index contributed by atoms with van der Waals surface area (Å²) in [5.74, 6) is 1.65. The summed E-state index contributed by atoms with van der Waals surface area (Å²) in [6.45, 7) is 1.81. The van der Waals surface area contributed by atoms with Crippen molar-refractivity contribution in [2.45, 2.75) is 19.4 Å². The summed E-state index contributed by atoms with van der Waals surface area (Å²) in [5.41, 5.74) is 1.55. The molecule has 0 unspecified atom stereocenters. The predicted molar refractivity (Wildman–Crippen MR) is 67.7 cm³/mol. The maximum atomic E-state index is 5.77. The minimum atomic E-state index is 0.326. The average molecular weight is 299 g/mol. The van der Waals surface area contributed by atoms with Crippen LogP contribution in [0, 0.1) is 5.41 Å². The lowest BCUT2D eigenvalue weighted by atomic mass is 10.1. The van der Waals surface area contributed by atoms with Crippen LogP contribution in [0.1, 0.15) is 18.4 Å². The molecule has 0 aromatic heterocycles. The van der Waals surface area contributed by atoms with Crippen molar-refractivity contribution >= 4 is 15.9 Å². The van der Waals surface area contributed by atoms with Gasteiger partial charge in [0.1, 0.15) is 0 Å². The van der Waals surface area contributed by atoms with Crippen LogP contribution < -0.4 is 9.47 Å². The highest BCUT2D eigenvalue weighted by molar-refractivity contribution is 9.09. The Bertz CT molecular complexity index is 415. The third kappa shape index (κ3) is 2.43. The van der Waals surface area contributed by atoms with E-state index in [2.05, 4.69) is 15.9 Å². The van der Waals surface area contributed by atoms with Gasteiger partial charge >= 0.3 is 0 Å².